The second kappa shape index (κ2) is 16.6. The standard InChI is InChI=1S/C26H32BIN3O6P/c27-12-2-14-36-22-10-6-19(7-11-22)17-29-26(34)23-15-18-4-8-21(9-5-18)35-13-1-3-20(16-24(32)30-23)25(33)31-37-38-28/h4-11,20,23,38H,1-3,12-17H2,(H,29,34)(H,30,32)(H,31,33)/t20-,23-/m0/s1. The van der Waals surface area contributed by atoms with Crippen molar-refractivity contribution in [2.24, 2.45) is 5.92 Å². The average molecular weight is 651 g/mol. The first kappa shape index (κ1) is 30.2. The Labute approximate surface area is 239 Å². The summed E-state index contributed by atoms with van der Waals surface area (Å²) in [5.74, 6) is -0.218. The zero-order valence-corrected chi connectivity index (χ0v) is 24.2. The number of fused-ring (bicyclic) bond motifs is 11. The third kappa shape index (κ3) is 10.4. The van der Waals surface area contributed by atoms with Crippen LogP contribution in [0, 0.1) is 5.92 Å². The summed E-state index contributed by atoms with van der Waals surface area (Å²) in [6.45, 7) is 1.32. The van der Waals surface area contributed by atoms with Crippen molar-refractivity contribution < 1.29 is 28.5 Å². The van der Waals surface area contributed by atoms with Gasteiger partial charge in [0, 0.05) is 25.3 Å². The lowest BCUT2D eigenvalue weighted by atomic mass is 9.97. The summed E-state index contributed by atoms with van der Waals surface area (Å²) in [4.78, 5) is 38.7. The fourth-order valence-electron chi connectivity index (χ4n) is 3.93. The summed E-state index contributed by atoms with van der Waals surface area (Å²) < 4.78 is 16.4. The third-order valence-corrected chi connectivity index (χ3v) is 6.82. The monoisotopic (exact) mass is 651 g/mol. The number of carbonyl (C=O) groups is 3. The molecule has 0 aromatic heterocycles. The number of nitrogens with one attached hydrogen (secondary N) is 3. The van der Waals surface area contributed by atoms with Crippen molar-refractivity contribution >= 4 is 54.1 Å². The Bertz CT molecular complexity index is 1040. The van der Waals surface area contributed by atoms with Crippen LogP contribution in [-0.2, 0) is 32.0 Å². The Morgan fingerprint density at radius 1 is 1.11 bits per heavy atom. The molecule has 0 aliphatic carbocycles. The molecule has 2 aromatic rings. The van der Waals surface area contributed by atoms with E-state index in [-0.39, 0.29) is 30.6 Å². The highest BCUT2D eigenvalue weighted by atomic mass is 127. The van der Waals surface area contributed by atoms with Gasteiger partial charge in [0.15, 0.2) is 0 Å². The van der Waals surface area contributed by atoms with E-state index in [1.807, 2.05) is 70.6 Å². The summed E-state index contributed by atoms with van der Waals surface area (Å²) in [6.07, 6.45) is 2.60. The first-order valence-corrected chi connectivity index (χ1v) is 16.5. The largest absolute Gasteiger partial charge is 0.494 e. The SMILES string of the molecule is [B]CCCOc1ccc(CNC(=O)[C@@H]2Cc3ccc(cc3)OCCC[C@H](C(=O)NOPI)CC(=O)N2)cc1. The Kier molecular flexibility index (Phi) is 13.2. The highest BCUT2D eigenvalue weighted by molar-refractivity contribution is 14.2. The van der Waals surface area contributed by atoms with Crippen LogP contribution in [0.25, 0.3) is 0 Å². The first-order valence-electron chi connectivity index (χ1n) is 12.5. The summed E-state index contributed by atoms with van der Waals surface area (Å²) in [5, 5.41) is 5.75. The number of amides is 3. The highest BCUT2D eigenvalue weighted by Gasteiger charge is 2.26. The molecule has 2 bridgehead atoms. The van der Waals surface area contributed by atoms with Gasteiger partial charge in [0.25, 0.3) is 0 Å². The summed E-state index contributed by atoms with van der Waals surface area (Å²) in [7, 11) is 5.49. The van der Waals surface area contributed by atoms with Gasteiger partial charge in [0.05, 0.1) is 21.1 Å². The predicted molar refractivity (Wildman–Crippen MR) is 155 cm³/mol. The van der Waals surface area contributed by atoms with Gasteiger partial charge in [-0.15, -0.1) is 0 Å². The molecule has 3 atom stereocenters. The summed E-state index contributed by atoms with van der Waals surface area (Å²) in [5.41, 5.74) is 4.16. The Morgan fingerprint density at radius 2 is 1.87 bits per heavy atom. The van der Waals surface area contributed by atoms with E-state index >= 15 is 0 Å². The van der Waals surface area contributed by atoms with Crippen LogP contribution >= 0.6 is 28.5 Å². The lowest BCUT2D eigenvalue weighted by Crippen LogP contribution is -2.48. The van der Waals surface area contributed by atoms with E-state index in [9.17, 15) is 14.4 Å². The summed E-state index contributed by atoms with van der Waals surface area (Å²) in [6, 6.07) is 14.1. The molecule has 3 N–H and O–H groups in total. The van der Waals surface area contributed by atoms with Crippen LogP contribution in [0.5, 0.6) is 11.5 Å². The number of hydrogen-bond donors (Lipinski definition) is 3. The minimum Gasteiger partial charge on any atom is -0.494 e. The molecule has 2 aromatic carbocycles. The van der Waals surface area contributed by atoms with Gasteiger partial charge in [-0.1, -0.05) is 30.6 Å². The Hall–Kier alpha value is -2.37. The molecule has 2 aliphatic heterocycles. The van der Waals surface area contributed by atoms with Crippen molar-refractivity contribution in [1.29, 1.82) is 0 Å². The maximum absolute atomic E-state index is 13.2. The molecular formula is C26H32BIN3O6P. The van der Waals surface area contributed by atoms with Crippen molar-refractivity contribution in [3.05, 3.63) is 59.7 Å². The number of hydrogen-bond acceptors (Lipinski definition) is 6. The number of halogens is 1. The smallest absolute Gasteiger partial charge is 0.247 e. The van der Waals surface area contributed by atoms with Crippen molar-refractivity contribution in [2.45, 2.75) is 51.0 Å². The van der Waals surface area contributed by atoms with Crippen LogP contribution < -0.4 is 25.6 Å². The molecular weight excluding hydrogens is 619 g/mol. The maximum Gasteiger partial charge on any atom is 0.247 e. The van der Waals surface area contributed by atoms with E-state index in [2.05, 4.69) is 16.1 Å². The van der Waals surface area contributed by atoms with Gasteiger partial charge in [-0.2, -0.15) is 0 Å². The molecule has 1 unspecified atom stereocenters. The van der Waals surface area contributed by atoms with Gasteiger partial charge in [0.1, 0.15) is 24.0 Å². The number of carbonyl (C=O) groups excluding carboxylic acids is 3. The molecule has 0 saturated heterocycles. The Balaban J connectivity index is 1.67. The van der Waals surface area contributed by atoms with Gasteiger partial charge >= 0.3 is 0 Å². The van der Waals surface area contributed by atoms with Crippen LogP contribution in [-0.4, -0.2) is 44.8 Å². The quantitative estimate of drug-likeness (QED) is 0.119. The van der Waals surface area contributed by atoms with Gasteiger partial charge in [0.2, 0.25) is 17.7 Å². The molecule has 12 heteroatoms. The highest BCUT2D eigenvalue weighted by Crippen LogP contribution is 2.21. The predicted octanol–water partition coefficient (Wildman–Crippen LogP) is 3.56. The minimum atomic E-state index is -0.813. The fourth-order valence-corrected chi connectivity index (χ4v) is 4.40. The molecule has 38 heavy (non-hydrogen) atoms. The number of hydroxylamine groups is 1. The topological polar surface area (TPSA) is 115 Å². The van der Waals surface area contributed by atoms with Gasteiger partial charge in [-0.05, 0) is 76.7 Å². The molecule has 4 rings (SSSR count). The van der Waals surface area contributed by atoms with Crippen molar-refractivity contribution in [3.63, 3.8) is 0 Å². The minimum absolute atomic E-state index is 0.0566. The van der Waals surface area contributed by atoms with Crippen molar-refractivity contribution in [3.8, 4) is 11.5 Å². The first-order chi connectivity index (χ1) is 18.5. The van der Waals surface area contributed by atoms with Crippen molar-refractivity contribution in [1.82, 2.24) is 16.1 Å². The van der Waals surface area contributed by atoms with E-state index in [0.29, 0.717) is 51.1 Å². The zero-order valence-electron chi connectivity index (χ0n) is 21.0. The second-order valence-electron chi connectivity index (χ2n) is 8.86. The van der Waals surface area contributed by atoms with Crippen LogP contribution in [0.3, 0.4) is 0 Å². The maximum atomic E-state index is 13.2. The molecule has 0 spiro atoms. The van der Waals surface area contributed by atoms with Gasteiger partial charge in [-0.25, -0.2) is 10.1 Å². The molecule has 0 fully saturated rings. The van der Waals surface area contributed by atoms with E-state index in [0.717, 1.165) is 23.3 Å². The molecule has 202 valence electrons. The molecule has 2 heterocycles. The molecule has 2 radical (unpaired) electrons. The van der Waals surface area contributed by atoms with Gasteiger partial charge < -0.3 is 20.1 Å². The molecule has 2 aliphatic rings. The van der Waals surface area contributed by atoms with Crippen LogP contribution in [0.1, 0.15) is 36.8 Å². The average Bonchev–Trinajstić information content (AvgIpc) is 2.93. The van der Waals surface area contributed by atoms with Crippen LogP contribution in [0.15, 0.2) is 48.5 Å². The molecule has 9 nitrogen and oxygen atoms in total. The normalized spacial score (nSPS) is 18.3. The van der Waals surface area contributed by atoms with Gasteiger partial charge in [-0.3, -0.25) is 14.4 Å². The number of rotatable bonds is 10. The lowest BCUT2D eigenvalue weighted by molar-refractivity contribution is -0.136. The van der Waals surface area contributed by atoms with Crippen LogP contribution in [0.2, 0.25) is 6.32 Å². The zero-order chi connectivity index (χ0) is 27.2. The van der Waals surface area contributed by atoms with Crippen LogP contribution in [0.4, 0.5) is 0 Å². The number of benzene rings is 2. The fraction of sp³-hybridized carbons (Fsp3) is 0.423. The van der Waals surface area contributed by atoms with E-state index in [4.69, 9.17) is 21.9 Å². The molecule has 0 saturated carbocycles. The lowest BCUT2D eigenvalue weighted by Gasteiger charge is -2.22. The van der Waals surface area contributed by atoms with E-state index in [1.54, 1.807) is 0 Å². The van der Waals surface area contributed by atoms with E-state index < -0.39 is 12.0 Å². The number of ether oxygens (including phenoxy) is 2. The summed E-state index contributed by atoms with van der Waals surface area (Å²) >= 11 is 2.00. The van der Waals surface area contributed by atoms with E-state index in [1.165, 1.54) is 0 Å². The third-order valence-electron chi connectivity index (χ3n) is 5.98. The molecule has 3 amide bonds. The Morgan fingerprint density at radius 3 is 2.58 bits per heavy atom. The van der Waals surface area contributed by atoms with Crippen molar-refractivity contribution in [2.75, 3.05) is 13.2 Å². The second-order valence-corrected chi connectivity index (χ2v) is 10.5.